The minimum absolute atomic E-state index is 0.191. The predicted octanol–water partition coefficient (Wildman–Crippen LogP) is 2.78. The van der Waals surface area contributed by atoms with E-state index in [4.69, 9.17) is 26.8 Å². The van der Waals surface area contributed by atoms with Gasteiger partial charge in [-0.05, 0) is 30.5 Å². The fraction of sp³-hybridized carbons (Fsp3) is 0.588. The van der Waals surface area contributed by atoms with Crippen molar-refractivity contribution in [1.82, 2.24) is 5.32 Å². The van der Waals surface area contributed by atoms with E-state index in [1.807, 2.05) is 12.1 Å². The van der Waals surface area contributed by atoms with Crippen LogP contribution in [0.3, 0.4) is 0 Å². The van der Waals surface area contributed by atoms with Crippen LogP contribution in [0.15, 0.2) is 12.1 Å². The molecule has 1 aliphatic heterocycles. The number of hydrogen-bond acceptors (Lipinski definition) is 4. The fourth-order valence-electron chi connectivity index (χ4n) is 3.53. The maximum absolute atomic E-state index is 11.5. The summed E-state index contributed by atoms with van der Waals surface area (Å²) in [6, 6.07) is 3.84. The van der Waals surface area contributed by atoms with E-state index >= 15 is 0 Å². The molecule has 5 nitrogen and oxygen atoms in total. The number of hydrogen-bond donors (Lipinski definition) is 2. The molecule has 23 heavy (non-hydrogen) atoms. The Balaban J connectivity index is 1.73. The number of carbonyl (C=O) groups is 1. The van der Waals surface area contributed by atoms with E-state index in [9.17, 15) is 4.79 Å². The molecule has 1 aliphatic carbocycles. The maximum Gasteiger partial charge on any atom is 0.219 e. The van der Waals surface area contributed by atoms with E-state index in [1.54, 1.807) is 0 Å². The fourth-order valence-corrected chi connectivity index (χ4v) is 3.82. The van der Waals surface area contributed by atoms with Crippen molar-refractivity contribution in [2.75, 3.05) is 13.2 Å². The molecule has 1 saturated carbocycles. The molecule has 1 amide bonds. The summed E-state index contributed by atoms with van der Waals surface area (Å²) < 4.78 is 11.2. The Morgan fingerprint density at radius 2 is 1.96 bits per heavy atom. The number of nitrogens with one attached hydrogen (secondary N) is 1. The average Bonchev–Trinajstić information content (AvgIpc) is 2.53. The van der Waals surface area contributed by atoms with Crippen molar-refractivity contribution in [2.45, 2.75) is 50.6 Å². The Morgan fingerprint density at radius 3 is 2.70 bits per heavy atom. The van der Waals surface area contributed by atoms with Crippen molar-refractivity contribution in [2.24, 2.45) is 5.73 Å². The normalized spacial score (nSPS) is 19.3. The number of benzene rings is 1. The minimum atomic E-state index is -0.250. The summed E-state index contributed by atoms with van der Waals surface area (Å²) in [7, 11) is 0. The molecular weight excluding hydrogens is 316 g/mol. The lowest BCUT2D eigenvalue weighted by Gasteiger charge is -2.37. The first kappa shape index (κ1) is 16.4. The Kier molecular flexibility index (Phi) is 4.97. The van der Waals surface area contributed by atoms with E-state index in [2.05, 4.69) is 5.32 Å². The summed E-state index contributed by atoms with van der Waals surface area (Å²) in [5.41, 5.74) is 6.29. The third-order valence-corrected chi connectivity index (χ3v) is 4.93. The van der Waals surface area contributed by atoms with Gasteiger partial charge in [0.15, 0.2) is 11.5 Å². The van der Waals surface area contributed by atoms with Crippen LogP contribution in [-0.2, 0) is 11.3 Å². The van der Waals surface area contributed by atoms with E-state index in [0.717, 1.165) is 31.2 Å². The molecule has 0 atom stereocenters. The monoisotopic (exact) mass is 338 g/mol. The second-order valence-corrected chi connectivity index (χ2v) is 6.85. The first-order chi connectivity index (χ1) is 11.1. The number of primary amides is 1. The van der Waals surface area contributed by atoms with Crippen LogP contribution < -0.4 is 20.5 Å². The van der Waals surface area contributed by atoms with Gasteiger partial charge >= 0.3 is 0 Å². The standard InChI is InChI=1S/C17H23ClN2O3/c18-13-8-12(9-14-16(13)23-7-6-22-14)11-20-17(10-15(19)21)4-2-1-3-5-17/h8-9,20H,1-7,10-11H2,(H2,19,21). The van der Waals surface area contributed by atoms with Crippen LogP contribution in [-0.4, -0.2) is 24.7 Å². The highest BCUT2D eigenvalue weighted by molar-refractivity contribution is 6.32. The van der Waals surface area contributed by atoms with Crippen LogP contribution >= 0.6 is 11.6 Å². The lowest BCUT2D eigenvalue weighted by molar-refractivity contribution is -0.119. The maximum atomic E-state index is 11.5. The van der Waals surface area contributed by atoms with Crippen LogP contribution in [0.1, 0.15) is 44.1 Å². The van der Waals surface area contributed by atoms with Gasteiger partial charge in [0.2, 0.25) is 5.91 Å². The minimum Gasteiger partial charge on any atom is -0.486 e. The highest BCUT2D eigenvalue weighted by Crippen LogP contribution is 2.39. The molecule has 126 valence electrons. The van der Waals surface area contributed by atoms with Crippen molar-refractivity contribution >= 4 is 17.5 Å². The van der Waals surface area contributed by atoms with Gasteiger partial charge in [-0.15, -0.1) is 0 Å². The van der Waals surface area contributed by atoms with Gasteiger partial charge in [-0.2, -0.15) is 0 Å². The summed E-state index contributed by atoms with van der Waals surface area (Å²) in [6.45, 7) is 1.68. The van der Waals surface area contributed by atoms with Gasteiger partial charge in [-0.25, -0.2) is 0 Å². The quantitative estimate of drug-likeness (QED) is 0.865. The Bertz CT molecular complexity index is 585. The van der Waals surface area contributed by atoms with Gasteiger partial charge < -0.3 is 20.5 Å². The number of fused-ring (bicyclic) bond motifs is 1. The van der Waals surface area contributed by atoms with Crippen LogP contribution in [0.25, 0.3) is 0 Å². The molecule has 3 rings (SSSR count). The molecule has 1 aromatic rings. The average molecular weight is 339 g/mol. The summed E-state index contributed by atoms with van der Waals surface area (Å²) in [5, 5.41) is 4.12. The smallest absolute Gasteiger partial charge is 0.219 e. The molecule has 0 saturated heterocycles. The van der Waals surface area contributed by atoms with Gasteiger partial charge in [-0.1, -0.05) is 30.9 Å². The van der Waals surface area contributed by atoms with Gasteiger partial charge in [0.25, 0.3) is 0 Å². The summed E-state index contributed by atoms with van der Waals surface area (Å²) in [5.74, 6) is 1.05. The molecule has 0 bridgehead atoms. The summed E-state index contributed by atoms with van der Waals surface area (Å²) in [6.07, 6.45) is 5.82. The first-order valence-corrected chi connectivity index (χ1v) is 8.57. The zero-order chi connectivity index (χ0) is 16.3. The lowest BCUT2D eigenvalue weighted by atomic mass is 9.79. The molecule has 1 fully saturated rings. The van der Waals surface area contributed by atoms with E-state index in [-0.39, 0.29) is 11.4 Å². The predicted molar refractivity (Wildman–Crippen MR) is 88.9 cm³/mol. The molecule has 0 unspecified atom stereocenters. The SMILES string of the molecule is NC(=O)CC1(NCc2cc(Cl)c3c(c2)OCCO3)CCCCC1. The summed E-state index contributed by atoms with van der Waals surface area (Å²) in [4.78, 5) is 11.5. The van der Waals surface area contributed by atoms with Gasteiger partial charge in [-0.3, -0.25) is 4.79 Å². The van der Waals surface area contributed by atoms with Crippen LogP contribution in [0.4, 0.5) is 0 Å². The number of rotatable bonds is 5. The van der Waals surface area contributed by atoms with Gasteiger partial charge in [0.05, 0.1) is 5.02 Å². The van der Waals surface area contributed by atoms with E-state index < -0.39 is 0 Å². The molecular formula is C17H23ClN2O3. The molecule has 1 aromatic carbocycles. The lowest BCUT2D eigenvalue weighted by Crippen LogP contribution is -2.49. The van der Waals surface area contributed by atoms with E-state index in [1.165, 1.54) is 6.42 Å². The van der Waals surface area contributed by atoms with Crippen LogP contribution in [0.2, 0.25) is 5.02 Å². The Hall–Kier alpha value is -1.46. The second-order valence-electron chi connectivity index (χ2n) is 6.44. The van der Waals surface area contributed by atoms with Crippen molar-refractivity contribution in [3.63, 3.8) is 0 Å². The summed E-state index contributed by atoms with van der Waals surface area (Å²) >= 11 is 6.28. The highest BCUT2D eigenvalue weighted by atomic mass is 35.5. The van der Waals surface area contributed by atoms with Gasteiger partial charge in [0.1, 0.15) is 13.2 Å². The van der Waals surface area contributed by atoms with Crippen molar-refractivity contribution in [3.05, 3.63) is 22.7 Å². The van der Waals surface area contributed by atoms with Crippen LogP contribution in [0, 0.1) is 0 Å². The zero-order valence-electron chi connectivity index (χ0n) is 13.2. The second kappa shape index (κ2) is 6.97. The number of amides is 1. The van der Waals surface area contributed by atoms with Crippen molar-refractivity contribution < 1.29 is 14.3 Å². The first-order valence-electron chi connectivity index (χ1n) is 8.19. The largest absolute Gasteiger partial charge is 0.486 e. The molecule has 0 aromatic heterocycles. The molecule has 1 heterocycles. The number of ether oxygens (including phenoxy) is 2. The third kappa shape index (κ3) is 3.90. The highest BCUT2D eigenvalue weighted by Gasteiger charge is 2.33. The molecule has 6 heteroatoms. The number of halogens is 1. The molecule has 0 spiro atoms. The Morgan fingerprint density at radius 1 is 1.22 bits per heavy atom. The molecule has 3 N–H and O–H groups in total. The zero-order valence-corrected chi connectivity index (χ0v) is 14.0. The topological polar surface area (TPSA) is 73.6 Å². The van der Waals surface area contributed by atoms with Gasteiger partial charge in [0, 0.05) is 18.5 Å². The third-order valence-electron chi connectivity index (χ3n) is 4.65. The van der Waals surface area contributed by atoms with Crippen LogP contribution in [0.5, 0.6) is 11.5 Å². The Labute approximate surface area is 141 Å². The van der Waals surface area contributed by atoms with Crippen molar-refractivity contribution in [1.29, 1.82) is 0 Å². The van der Waals surface area contributed by atoms with Crippen molar-refractivity contribution in [3.8, 4) is 11.5 Å². The number of carbonyl (C=O) groups excluding carboxylic acids is 1. The molecule has 2 aliphatic rings. The number of nitrogens with two attached hydrogens (primary N) is 1. The molecule has 0 radical (unpaired) electrons. The van der Waals surface area contributed by atoms with E-state index in [0.29, 0.717) is 42.7 Å².